The zero-order valence-corrected chi connectivity index (χ0v) is 19.1. The maximum absolute atomic E-state index is 13.1. The molecule has 0 aliphatic carbocycles. The SMILES string of the molecule is CCNC(=O)C(CC)N(Cc1ccc(OC)cc1)C(=O)CSCc1ccc(C)cc1. The summed E-state index contributed by atoms with van der Waals surface area (Å²) in [5.74, 6) is 1.73. The summed E-state index contributed by atoms with van der Waals surface area (Å²) in [6.45, 7) is 6.82. The Balaban J connectivity index is 2.10. The molecule has 0 heterocycles. The molecule has 1 N–H and O–H groups in total. The highest BCUT2D eigenvalue weighted by molar-refractivity contribution is 7.99. The number of aryl methyl sites for hydroxylation is 1. The number of ether oxygens (including phenoxy) is 1. The predicted molar refractivity (Wildman–Crippen MR) is 124 cm³/mol. The first-order valence-electron chi connectivity index (χ1n) is 10.3. The molecule has 0 bridgehead atoms. The summed E-state index contributed by atoms with van der Waals surface area (Å²) in [7, 11) is 1.62. The van der Waals surface area contributed by atoms with E-state index in [1.807, 2.05) is 38.1 Å². The van der Waals surface area contributed by atoms with Gasteiger partial charge in [0.05, 0.1) is 12.9 Å². The lowest BCUT2D eigenvalue weighted by Gasteiger charge is -2.30. The molecule has 6 heteroatoms. The predicted octanol–water partition coefficient (Wildman–Crippen LogP) is 4.18. The lowest BCUT2D eigenvalue weighted by atomic mass is 10.1. The Kier molecular flexibility index (Phi) is 9.74. The second kappa shape index (κ2) is 12.3. The molecule has 0 saturated heterocycles. The van der Waals surface area contributed by atoms with Gasteiger partial charge in [0.15, 0.2) is 0 Å². The lowest BCUT2D eigenvalue weighted by Crippen LogP contribution is -2.49. The van der Waals surface area contributed by atoms with E-state index in [1.54, 1.807) is 23.8 Å². The Morgan fingerprint density at radius 1 is 1.03 bits per heavy atom. The Bertz CT molecular complexity index is 806. The first-order valence-corrected chi connectivity index (χ1v) is 11.5. The van der Waals surface area contributed by atoms with Crippen molar-refractivity contribution in [2.75, 3.05) is 19.4 Å². The molecule has 2 aromatic rings. The Morgan fingerprint density at radius 2 is 1.67 bits per heavy atom. The molecule has 162 valence electrons. The molecule has 0 saturated carbocycles. The topological polar surface area (TPSA) is 58.6 Å². The highest BCUT2D eigenvalue weighted by Gasteiger charge is 2.28. The number of likely N-dealkylation sites (N-methyl/N-ethyl adjacent to an activating group) is 1. The number of thioether (sulfide) groups is 1. The van der Waals surface area contributed by atoms with Gasteiger partial charge in [0.25, 0.3) is 0 Å². The second-order valence-electron chi connectivity index (χ2n) is 7.17. The van der Waals surface area contributed by atoms with Crippen LogP contribution in [0.25, 0.3) is 0 Å². The van der Waals surface area contributed by atoms with Crippen molar-refractivity contribution in [3.63, 3.8) is 0 Å². The van der Waals surface area contributed by atoms with E-state index in [2.05, 4.69) is 36.5 Å². The number of methoxy groups -OCH3 is 1. The van der Waals surface area contributed by atoms with Gasteiger partial charge in [-0.25, -0.2) is 0 Å². The maximum Gasteiger partial charge on any atom is 0.242 e. The Labute approximate surface area is 184 Å². The van der Waals surface area contributed by atoms with Crippen molar-refractivity contribution in [3.05, 3.63) is 65.2 Å². The van der Waals surface area contributed by atoms with Crippen LogP contribution in [-0.2, 0) is 21.9 Å². The summed E-state index contributed by atoms with van der Waals surface area (Å²) in [6, 6.07) is 15.5. The summed E-state index contributed by atoms with van der Waals surface area (Å²) >= 11 is 1.58. The largest absolute Gasteiger partial charge is 0.497 e. The van der Waals surface area contributed by atoms with Gasteiger partial charge in [-0.2, -0.15) is 0 Å². The molecule has 0 spiro atoms. The fraction of sp³-hybridized carbons (Fsp3) is 0.417. The molecule has 5 nitrogen and oxygen atoms in total. The van der Waals surface area contributed by atoms with Crippen LogP contribution in [0, 0.1) is 6.92 Å². The molecule has 2 amide bonds. The van der Waals surface area contributed by atoms with E-state index >= 15 is 0 Å². The van der Waals surface area contributed by atoms with Crippen molar-refractivity contribution >= 4 is 23.6 Å². The number of nitrogens with one attached hydrogen (secondary N) is 1. The standard InChI is InChI=1S/C24H32N2O3S/c1-5-22(24(28)25-6-2)26(15-19-11-13-21(29-4)14-12-19)23(27)17-30-16-20-9-7-18(3)8-10-20/h7-14,22H,5-6,15-17H2,1-4H3,(H,25,28). The first kappa shape index (κ1) is 23.8. The van der Waals surface area contributed by atoms with Crippen LogP contribution in [0.5, 0.6) is 5.75 Å². The van der Waals surface area contributed by atoms with Gasteiger partial charge >= 0.3 is 0 Å². The van der Waals surface area contributed by atoms with E-state index in [1.165, 1.54) is 11.1 Å². The minimum atomic E-state index is -0.487. The molecule has 2 rings (SSSR count). The normalized spacial score (nSPS) is 11.6. The monoisotopic (exact) mass is 428 g/mol. The third-order valence-corrected chi connectivity index (χ3v) is 5.85. The summed E-state index contributed by atoms with van der Waals surface area (Å²) in [5, 5.41) is 2.86. The first-order chi connectivity index (χ1) is 14.5. The van der Waals surface area contributed by atoms with Crippen LogP contribution in [0.4, 0.5) is 0 Å². The molecular formula is C24H32N2O3S. The number of benzene rings is 2. The van der Waals surface area contributed by atoms with E-state index < -0.39 is 6.04 Å². The van der Waals surface area contributed by atoms with Gasteiger partial charge in [0.2, 0.25) is 11.8 Å². The second-order valence-corrected chi connectivity index (χ2v) is 8.15. The van der Waals surface area contributed by atoms with Gasteiger partial charge in [-0.3, -0.25) is 9.59 Å². The van der Waals surface area contributed by atoms with Crippen molar-refractivity contribution in [3.8, 4) is 5.75 Å². The molecule has 0 aromatic heterocycles. The molecule has 1 atom stereocenters. The summed E-state index contributed by atoms with van der Waals surface area (Å²) in [4.78, 5) is 27.4. The van der Waals surface area contributed by atoms with Crippen molar-refractivity contribution in [2.45, 2.75) is 45.5 Å². The van der Waals surface area contributed by atoms with E-state index in [-0.39, 0.29) is 11.8 Å². The third-order valence-electron chi connectivity index (χ3n) is 4.86. The summed E-state index contributed by atoms with van der Waals surface area (Å²) < 4.78 is 5.21. The zero-order chi connectivity index (χ0) is 21.9. The zero-order valence-electron chi connectivity index (χ0n) is 18.3. The van der Waals surface area contributed by atoms with Crippen LogP contribution in [0.2, 0.25) is 0 Å². The van der Waals surface area contributed by atoms with Crippen molar-refractivity contribution in [1.29, 1.82) is 0 Å². The number of nitrogens with zero attached hydrogens (tertiary/aromatic N) is 1. The number of hydrogen-bond donors (Lipinski definition) is 1. The number of carbonyl (C=O) groups excluding carboxylic acids is 2. The summed E-state index contributed by atoms with van der Waals surface area (Å²) in [5.41, 5.74) is 3.38. The van der Waals surface area contributed by atoms with E-state index in [9.17, 15) is 9.59 Å². The van der Waals surface area contributed by atoms with E-state index in [0.29, 0.717) is 25.3 Å². The van der Waals surface area contributed by atoms with E-state index in [0.717, 1.165) is 17.1 Å². The van der Waals surface area contributed by atoms with Crippen LogP contribution < -0.4 is 10.1 Å². The smallest absolute Gasteiger partial charge is 0.242 e. The fourth-order valence-corrected chi connectivity index (χ4v) is 4.03. The molecule has 0 radical (unpaired) electrons. The van der Waals surface area contributed by atoms with Crippen molar-refractivity contribution in [2.24, 2.45) is 0 Å². The highest BCUT2D eigenvalue weighted by Crippen LogP contribution is 2.19. The molecule has 0 fully saturated rings. The highest BCUT2D eigenvalue weighted by atomic mass is 32.2. The van der Waals surface area contributed by atoms with Gasteiger partial charge < -0.3 is 15.0 Å². The minimum Gasteiger partial charge on any atom is -0.497 e. The van der Waals surface area contributed by atoms with E-state index in [4.69, 9.17) is 4.74 Å². The van der Waals surface area contributed by atoms with Crippen molar-refractivity contribution < 1.29 is 14.3 Å². The average molecular weight is 429 g/mol. The number of rotatable bonds is 11. The maximum atomic E-state index is 13.1. The van der Waals surface area contributed by atoms with Crippen molar-refractivity contribution in [1.82, 2.24) is 10.2 Å². The van der Waals surface area contributed by atoms with Gasteiger partial charge in [-0.15, -0.1) is 11.8 Å². The average Bonchev–Trinajstić information content (AvgIpc) is 2.75. The Morgan fingerprint density at radius 3 is 2.23 bits per heavy atom. The lowest BCUT2D eigenvalue weighted by molar-refractivity contribution is -0.139. The molecule has 0 aliphatic rings. The molecule has 30 heavy (non-hydrogen) atoms. The van der Waals surface area contributed by atoms with Gasteiger partial charge in [0, 0.05) is 18.8 Å². The van der Waals surface area contributed by atoms with Crippen LogP contribution in [0.15, 0.2) is 48.5 Å². The molecular weight excluding hydrogens is 396 g/mol. The molecule has 2 aromatic carbocycles. The quantitative estimate of drug-likeness (QED) is 0.583. The van der Waals surface area contributed by atoms with Crippen LogP contribution in [-0.4, -0.2) is 42.2 Å². The third kappa shape index (κ3) is 7.10. The summed E-state index contributed by atoms with van der Waals surface area (Å²) in [6.07, 6.45) is 0.566. The van der Waals surface area contributed by atoms with Crippen LogP contribution >= 0.6 is 11.8 Å². The number of carbonyl (C=O) groups is 2. The van der Waals surface area contributed by atoms with Crippen LogP contribution in [0.1, 0.15) is 37.0 Å². The molecule has 1 unspecified atom stereocenters. The fourth-order valence-electron chi connectivity index (χ4n) is 3.16. The van der Waals surface area contributed by atoms with Gasteiger partial charge in [0.1, 0.15) is 11.8 Å². The van der Waals surface area contributed by atoms with Crippen LogP contribution in [0.3, 0.4) is 0 Å². The Hall–Kier alpha value is -2.47. The minimum absolute atomic E-state index is 0.0268. The number of hydrogen-bond acceptors (Lipinski definition) is 4. The molecule has 0 aliphatic heterocycles. The number of amides is 2. The van der Waals surface area contributed by atoms with Gasteiger partial charge in [-0.05, 0) is 43.5 Å². The van der Waals surface area contributed by atoms with Gasteiger partial charge in [-0.1, -0.05) is 48.9 Å².